The molecule has 1 aromatic carbocycles. The molecule has 2 aromatic rings. The van der Waals surface area contributed by atoms with Gasteiger partial charge >= 0.3 is 0 Å². The number of anilines is 2. The van der Waals surface area contributed by atoms with Gasteiger partial charge in [0, 0.05) is 37.4 Å². The fourth-order valence-electron chi connectivity index (χ4n) is 6.72. The van der Waals surface area contributed by atoms with Gasteiger partial charge in [0.15, 0.2) is 0 Å². The van der Waals surface area contributed by atoms with Crippen LogP contribution in [0, 0.1) is 34.5 Å². The van der Waals surface area contributed by atoms with Crippen LogP contribution in [0.5, 0.6) is 0 Å². The number of aromatic nitrogens is 2. The second-order valence-corrected chi connectivity index (χ2v) is 11.9. The Kier molecular flexibility index (Phi) is 8.49. The highest BCUT2D eigenvalue weighted by Gasteiger charge is 2.45. The van der Waals surface area contributed by atoms with Crippen molar-refractivity contribution in [2.75, 3.05) is 36.9 Å². The predicted molar refractivity (Wildman–Crippen MR) is 148 cm³/mol. The van der Waals surface area contributed by atoms with Crippen molar-refractivity contribution in [2.24, 2.45) is 23.2 Å². The van der Waals surface area contributed by atoms with Crippen LogP contribution in [0.3, 0.4) is 0 Å². The Bertz CT molecular complexity index is 1080. The zero-order valence-corrected chi connectivity index (χ0v) is 22.6. The summed E-state index contributed by atoms with van der Waals surface area (Å²) >= 11 is 6.28. The molecule has 3 fully saturated rings. The van der Waals surface area contributed by atoms with Crippen molar-refractivity contribution in [1.82, 2.24) is 15.3 Å². The minimum atomic E-state index is 0.176. The van der Waals surface area contributed by atoms with Crippen LogP contribution in [0.25, 0.3) is 0 Å². The first kappa shape index (κ1) is 26.2. The molecule has 1 aromatic heterocycles. The number of benzene rings is 1. The predicted octanol–water partition coefficient (Wildman–Crippen LogP) is 5.63. The normalized spacial score (nSPS) is 27.9. The largest absolute Gasteiger partial charge is 0.381 e. The minimum absolute atomic E-state index is 0.176. The molecule has 2 bridgehead atoms. The molecule has 0 radical (unpaired) electrons. The lowest BCUT2D eigenvalue weighted by Crippen LogP contribution is -2.54. The van der Waals surface area contributed by atoms with Gasteiger partial charge in [0.2, 0.25) is 5.95 Å². The Balaban J connectivity index is 1.20. The van der Waals surface area contributed by atoms with Gasteiger partial charge in [-0.3, -0.25) is 0 Å². The first-order valence-electron chi connectivity index (χ1n) is 13.8. The summed E-state index contributed by atoms with van der Waals surface area (Å²) in [4.78, 5) is 8.99. The molecule has 2 saturated carbocycles. The Hall–Kier alpha value is -2.40. The number of ether oxygens (including phenoxy) is 1. The Labute approximate surface area is 225 Å². The SMILES string of the molecule is CC1(CNc2nc(NCc3ccccc3Cl)ncc2C#N)C[C@H]2CCC[C@@H](C1)C2NCC1CCOCC1. The van der Waals surface area contributed by atoms with Gasteiger partial charge in [0.25, 0.3) is 0 Å². The summed E-state index contributed by atoms with van der Waals surface area (Å²) in [5, 5.41) is 21.2. The van der Waals surface area contributed by atoms with Crippen molar-refractivity contribution in [3.8, 4) is 6.07 Å². The quantitative estimate of drug-likeness (QED) is 0.393. The van der Waals surface area contributed by atoms with Crippen LogP contribution in [0.2, 0.25) is 5.02 Å². The molecule has 1 aliphatic heterocycles. The van der Waals surface area contributed by atoms with Crippen LogP contribution >= 0.6 is 11.6 Å². The third-order valence-electron chi connectivity index (χ3n) is 8.65. The van der Waals surface area contributed by atoms with E-state index in [0.717, 1.165) is 37.8 Å². The van der Waals surface area contributed by atoms with Gasteiger partial charge in [-0.25, -0.2) is 4.98 Å². The average Bonchev–Trinajstić information content (AvgIpc) is 2.91. The van der Waals surface area contributed by atoms with Crippen LogP contribution in [0.15, 0.2) is 30.5 Å². The Morgan fingerprint density at radius 2 is 1.86 bits per heavy atom. The number of rotatable bonds is 9. The number of nitriles is 1. The summed E-state index contributed by atoms with van der Waals surface area (Å²) in [5.41, 5.74) is 1.63. The van der Waals surface area contributed by atoms with Gasteiger partial charge in [-0.2, -0.15) is 10.2 Å². The summed E-state index contributed by atoms with van der Waals surface area (Å²) in [6.07, 6.45) is 10.3. The molecule has 3 aliphatic rings. The highest BCUT2D eigenvalue weighted by molar-refractivity contribution is 6.31. The van der Waals surface area contributed by atoms with Gasteiger partial charge in [-0.15, -0.1) is 0 Å². The molecule has 198 valence electrons. The molecule has 3 N–H and O–H groups in total. The summed E-state index contributed by atoms with van der Waals surface area (Å²) < 4.78 is 5.55. The smallest absolute Gasteiger partial charge is 0.224 e. The molecule has 0 spiro atoms. The molecule has 2 aliphatic carbocycles. The summed E-state index contributed by atoms with van der Waals surface area (Å²) in [7, 11) is 0. The van der Waals surface area contributed by atoms with Gasteiger partial charge in [-0.05, 0) is 79.9 Å². The number of hydrogen-bond donors (Lipinski definition) is 3. The Morgan fingerprint density at radius 3 is 2.59 bits per heavy atom. The lowest BCUT2D eigenvalue weighted by Gasteiger charge is -2.51. The van der Waals surface area contributed by atoms with E-state index >= 15 is 0 Å². The van der Waals surface area contributed by atoms with E-state index in [1.807, 2.05) is 24.3 Å². The van der Waals surface area contributed by atoms with E-state index in [-0.39, 0.29) is 5.41 Å². The van der Waals surface area contributed by atoms with Crippen LogP contribution < -0.4 is 16.0 Å². The van der Waals surface area contributed by atoms with E-state index in [9.17, 15) is 5.26 Å². The topological polar surface area (TPSA) is 94.9 Å². The molecule has 2 heterocycles. The van der Waals surface area contributed by atoms with Gasteiger partial charge in [0.05, 0.1) is 6.20 Å². The average molecular weight is 523 g/mol. The molecule has 5 rings (SSSR count). The fourth-order valence-corrected chi connectivity index (χ4v) is 6.92. The van der Waals surface area contributed by atoms with Gasteiger partial charge < -0.3 is 20.7 Å². The molecule has 2 unspecified atom stereocenters. The van der Waals surface area contributed by atoms with E-state index in [2.05, 4.69) is 38.9 Å². The van der Waals surface area contributed by atoms with Crippen molar-refractivity contribution in [3.63, 3.8) is 0 Å². The van der Waals surface area contributed by atoms with Gasteiger partial charge in [-0.1, -0.05) is 43.1 Å². The molecule has 4 atom stereocenters. The van der Waals surface area contributed by atoms with Crippen molar-refractivity contribution in [1.29, 1.82) is 5.26 Å². The number of fused-ring (bicyclic) bond motifs is 2. The van der Waals surface area contributed by atoms with E-state index in [1.165, 1.54) is 44.9 Å². The zero-order chi connectivity index (χ0) is 25.7. The highest BCUT2D eigenvalue weighted by Crippen LogP contribution is 2.49. The van der Waals surface area contributed by atoms with Crippen LogP contribution in [-0.2, 0) is 11.3 Å². The Morgan fingerprint density at radius 1 is 1.11 bits per heavy atom. The maximum atomic E-state index is 9.66. The number of nitrogens with zero attached hydrogens (tertiary/aromatic N) is 3. The number of halogens is 1. The van der Waals surface area contributed by atoms with Gasteiger partial charge in [0.1, 0.15) is 17.5 Å². The molecule has 7 nitrogen and oxygen atoms in total. The lowest BCUT2D eigenvalue weighted by atomic mass is 9.59. The second kappa shape index (κ2) is 12.0. The van der Waals surface area contributed by atoms with Crippen LogP contribution in [0.1, 0.15) is 63.0 Å². The van der Waals surface area contributed by atoms with Crippen molar-refractivity contribution >= 4 is 23.4 Å². The first-order valence-corrected chi connectivity index (χ1v) is 14.2. The van der Waals surface area contributed by atoms with Crippen LogP contribution in [-0.4, -0.2) is 42.3 Å². The molecule has 1 saturated heterocycles. The maximum absolute atomic E-state index is 9.66. The van der Waals surface area contributed by atoms with E-state index < -0.39 is 0 Å². The molecular weight excluding hydrogens is 484 g/mol. The van der Waals surface area contributed by atoms with E-state index in [4.69, 9.17) is 16.3 Å². The summed E-state index contributed by atoms with van der Waals surface area (Å²) in [6, 6.07) is 10.6. The zero-order valence-electron chi connectivity index (χ0n) is 21.8. The lowest BCUT2D eigenvalue weighted by molar-refractivity contribution is 0.0277. The fraction of sp³-hybridized carbons (Fsp3) is 0.621. The van der Waals surface area contributed by atoms with Crippen molar-refractivity contribution < 1.29 is 4.74 Å². The van der Waals surface area contributed by atoms with E-state index in [1.54, 1.807) is 6.20 Å². The number of nitrogens with one attached hydrogen (secondary N) is 3. The third kappa shape index (κ3) is 6.54. The third-order valence-corrected chi connectivity index (χ3v) is 9.01. The standard InChI is InChI=1S/C29H39ClN6O/c1-29(13-21-6-4-7-22(14-29)26(21)32-16-20-9-11-37-12-10-20)19-35-27-24(15-31)18-34-28(36-27)33-17-23-5-2-3-8-25(23)30/h2-3,5,8,18,20-22,26,32H,4,6-7,9-14,16-17,19H2,1H3,(H2,33,34,35,36)/t21-,22+,26?,29?. The summed E-state index contributed by atoms with van der Waals surface area (Å²) in [6.45, 7) is 6.70. The molecule has 0 amide bonds. The number of hydrogen-bond acceptors (Lipinski definition) is 7. The second-order valence-electron chi connectivity index (χ2n) is 11.5. The summed E-state index contributed by atoms with van der Waals surface area (Å²) in [5.74, 6) is 3.28. The first-order chi connectivity index (χ1) is 18.0. The van der Waals surface area contributed by atoms with E-state index in [0.29, 0.717) is 46.8 Å². The highest BCUT2D eigenvalue weighted by atomic mass is 35.5. The van der Waals surface area contributed by atoms with Crippen molar-refractivity contribution in [3.05, 3.63) is 46.6 Å². The van der Waals surface area contributed by atoms with Crippen molar-refractivity contribution in [2.45, 2.75) is 64.5 Å². The monoisotopic (exact) mass is 522 g/mol. The maximum Gasteiger partial charge on any atom is 0.224 e. The molecule has 37 heavy (non-hydrogen) atoms. The minimum Gasteiger partial charge on any atom is -0.381 e. The van der Waals surface area contributed by atoms with Crippen LogP contribution in [0.4, 0.5) is 11.8 Å². The molecule has 8 heteroatoms. The molecular formula is C29H39ClN6O.